The van der Waals surface area contributed by atoms with Crippen LogP contribution in [0.3, 0.4) is 0 Å². The van der Waals surface area contributed by atoms with Crippen molar-refractivity contribution in [3.8, 4) is 17.3 Å². The Hall–Kier alpha value is -4.55. The van der Waals surface area contributed by atoms with Crippen LogP contribution in [0.15, 0.2) is 72.9 Å². The zero-order valence-electron chi connectivity index (χ0n) is 19.6. The number of benzene rings is 2. The van der Waals surface area contributed by atoms with E-state index in [0.717, 1.165) is 5.56 Å². The second kappa shape index (κ2) is 11.7. The third-order valence-corrected chi connectivity index (χ3v) is 5.54. The van der Waals surface area contributed by atoms with Gasteiger partial charge in [-0.15, -0.1) is 0 Å². The molecule has 0 fully saturated rings. The molecule has 36 heavy (non-hydrogen) atoms. The summed E-state index contributed by atoms with van der Waals surface area (Å²) >= 11 is 0. The maximum atomic E-state index is 13.5. The molecule has 0 radical (unpaired) electrons. The van der Waals surface area contributed by atoms with E-state index in [9.17, 15) is 14.4 Å². The SMILES string of the molecule is N#Cc1ccccc1-c1ccc(C(=O)NCc2ccn(CCN)n2)c(NCCc2cccc(F)c2)n1. The van der Waals surface area contributed by atoms with Crippen LogP contribution >= 0.6 is 0 Å². The van der Waals surface area contributed by atoms with E-state index in [4.69, 9.17) is 5.73 Å². The summed E-state index contributed by atoms with van der Waals surface area (Å²) in [4.78, 5) is 17.7. The molecule has 0 unspecified atom stereocenters. The largest absolute Gasteiger partial charge is 0.369 e. The molecule has 2 aromatic heterocycles. The Morgan fingerprint density at radius 1 is 1.11 bits per heavy atom. The highest BCUT2D eigenvalue weighted by Gasteiger charge is 2.16. The van der Waals surface area contributed by atoms with Crippen molar-refractivity contribution >= 4 is 11.7 Å². The molecule has 0 bridgehead atoms. The molecule has 0 atom stereocenters. The standard InChI is InChI=1S/C27H26FN7O/c28-21-6-3-4-19(16-21)10-13-31-26-24(27(36)32-18-22-11-14-35(34-22)15-12-29)8-9-25(33-26)23-7-2-1-5-20(23)17-30/h1-9,11,14,16H,10,12-13,15,18,29H2,(H,31,33)(H,32,36). The van der Waals surface area contributed by atoms with Crippen LogP contribution in [0.1, 0.15) is 27.2 Å². The lowest BCUT2D eigenvalue weighted by Gasteiger charge is -2.14. The quantitative estimate of drug-likeness (QED) is 0.317. The van der Waals surface area contributed by atoms with E-state index in [1.807, 2.05) is 30.5 Å². The zero-order chi connectivity index (χ0) is 25.3. The van der Waals surface area contributed by atoms with Gasteiger partial charge in [-0.1, -0.05) is 30.3 Å². The molecule has 0 aliphatic heterocycles. The van der Waals surface area contributed by atoms with Gasteiger partial charge in [0.25, 0.3) is 5.91 Å². The predicted octanol–water partition coefficient (Wildman–Crippen LogP) is 3.50. The molecular weight excluding hydrogens is 457 g/mol. The van der Waals surface area contributed by atoms with Gasteiger partial charge in [0.2, 0.25) is 0 Å². The number of amides is 1. The summed E-state index contributed by atoms with van der Waals surface area (Å²) < 4.78 is 15.3. The van der Waals surface area contributed by atoms with Crippen molar-refractivity contribution in [3.05, 3.63) is 101 Å². The van der Waals surface area contributed by atoms with Crippen molar-refractivity contribution in [2.45, 2.75) is 19.5 Å². The van der Waals surface area contributed by atoms with Crippen molar-refractivity contribution in [1.29, 1.82) is 5.26 Å². The Labute approximate surface area is 208 Å². The molecule has 0 aliphatic rings. The molecule has 8 nitrogen and oxygen atoms in total. The number of hydrogen-bond acceptors (Lipinski definition) is 6. The first-order valence-corrected chi connectivity index (χ1v) is 11.6. The Morgan fingerprint density at radius 3 is 2.78 bits per heavy atom. The third kappa shape index (κ3) is 6.11. The number of hydrogen-bond donors (Lipinski definition) is 3. The van der Waals surface area contributed by atoms with Crippen molar-refractivity contribution in [3.63, 3.8) is 0 Å². The summed E-state index contributed by atoms with van der Waals surface area (Å²) in [5, 5.41) is 20.0. The molecule has 0 saturated heterocycles. The molecule has 9 heteroatoms. The first-order valence-electron chi connectivity index (χ1n) is 11.6. The summed E-state index contributed by atoms with van der Waals surface area (Å²) in [7, 11) is 0. The van der Waals surface area contributed by atoms with Gasteiger partial charge in [-0.2, -0.15) is 10.4 Å². The Bertz CT molecular complexity index is 1390. The fourth-order valence-electron chi connectivity index (χ4n) is 3.77. The minimum Gasteiger partial charge on any atom is -0.369 e. The molecular formula is C27H26FN7O. The highest BCUT2D eigenvalue weighted by atomic mass is 19.1. The van der Waals surface area contributed by atoms with Gasteiger partial charge in [0.05, 0.1) is 41.7 Å². The van der Waals surface area contributed by atoms with Gasteiger partial charge in [0.1, 0.15) is 11.6 Å². The average Bonchev–Trinajstić information content (AvgIpc) is 3.35. The van der Waals surface area contributed by atoms with E-state index < -0.39 is 0 Å². The Kier molecular flexibility index (Phi) is 8.01. The van der Waals surface area contributed by atoms with Crippen LogP contribution in [0, 0.1) is 17.1 Å². The fraction of sp³-hybridized carbons (Fsp3) is 0.185. The molecule has 2 heterocycles. The monoisotopic (exact) mass is 483 g/mol. The highest BCUT2D eigenvalue weighted by Crippen LogP contribution is 2.25. The maximum Gasteiger partial charge on any atom is 0.255 e. The van der Waals surface area contributed by atoms with E-state index in [0.29, 0.717) is 60.0 Å². The molecule has 4 N–H and O–H groups in total. The second-order valence-corrected chi connectivity index (χ2v) is 8.10. The molecule has 182 valence electrons. The van der Waals surface area contributed by atoms with Crippen molar-refractivity contribution in [2.24, 2.45) is 5.73 Å². The second-order valence-electron chi connectivity index (χ2n) is 8.10. The molecule has 0 aliphatic carbocycles. The van der Waals surface area contributed by atoms with Crippen LogP contribution in [0.2, 0.25) is 0 Å². The first-order chi connectivity index (χ1) is 17.6. The van der Waals surface area contributed by atoms with Gasteiger partial charge < -0.3 is 16.4 Å². The topological polar surface area (TPSA) is 122 Å². The van der Waals surface area contributed by atoms with E-state index in [1.54, 1.807) is 35.0 Å². The molecule has 0 saturated carbocycles. The fourth-order valence-corrected chi connectivity index (χ4v) is 3.77. The number of nitriles is 1. The van der Waals surface area contributed by atoms with E-state index in [2.05, 4.69) is 26.8 Å². The molecule has 2 aromatic carbocycles. The number of carbonyl (C=O) groups excluding carboxylic acids is 1. The first kappa shape index (κ1) is 24.6. The summed E-state index contributed by atoms with van der Waals surface area (Å²) in [6.07, 6.45) is 2.36. The number of rotatable bonds is 10. The van der Waals surface area contributed by atoms with Crippen LogP contribution in [-0.4, -0.2) is 33.8 Å². The number of anilines is 1. The van der Waals surface area contributed by atoms with Crippen LogP contribution in [-0.2, 0) is 19.5 Å². The van der Waals surface area contributed by atoms with Gasteiger partial charge in [-0.25, -0.2) is 9.37 Å². The van der Waals surface area contributed by atoms with Crippen molar-refractivity contribution < 1.29 is 9.18 Å². The zero-order valence-corrected chi connectivity index (χ0v) is 19.6. The number of carbonyl (C=O) groups is 1. The molecule has 0 spiro atoms. The van der Waals surface area contributed by atoms with E-state index in [-0.39, 0.29) is 18.3 Å². The average molecular weight is 484 g/mol. The number of nitrogens with zero attached hydrogens (tertiary/aromatic N) is 4. The summed E-state index contributed by atoms with van der Waals surface area (Å²) in [5.74, 6) is -0.234. The van der Waals surface area contributed by atoms with Crippen LogP contribution < -0.4 is 16.4 Å². The summed E-state index contributed by atoms with van der Waals surface area (Å²) in [6.45, 7) is 1.76. The molecule has 4 aromatic rings. The van der Waals surface area contributed by atoms with Crippen LogP contribution in [0.4, 0.5) is 10.2 Å². The van der Waals surface area contributed by atoms with Crippen molar-refractivity contribution in [2.75, 3.05) is 18.4 Å². The Balaban J connectivity index is 1.55. The van der Waals surface area contributed by atoms with Crippen molar-refractivity contribution in [1.82, 2.24) is 20.1 Å². The van der Waals surface area contributed by atoms with Gasteiger partial charge in [-0.3, -0.25) is 9.48 Å². The Morgan fingerprint density at radius 2 is 1.97 bits per heavy atom. The number of pyridine rings is 1. The van der Waals surface area contributed by atoms with E-state index >= 15 is 0 Å². The number of nitrogens with two attached hydrogens (primary N) is 1. The number of halogens is 1. The van der Waals surface area contributed by atoms with Gasteiger partial charge in [-0.05, 0) is 48.4 Å². The minimum absolute atomic E-state index is 0.248. The van der Waals surface area contributed by atoms with Crippen LogP contribution in [0.5, 0.6) is 0 Å². The third-order valence-electron chi connectivity index (χ3n) is 5.54. The highest BCUT2D eigenvalue weighted by molar-refractivity contribution is 5.99. The normalized spacial score (nSPS) is 10.6. The van der Waals surface area contributed by atoms with Gasteiger partial charge >= 0.3 is 0 Å². The van der Waals surface area contributed by atoms with Crippen LogP contribution in [0.25, 0.3) is 11.3 Å². The lowest BCUT2D eigenvalue weighted by atomic mass is 10.0. The van der Waals surface area contributed by atoms with Gasteiger partial charge in [0.15, 0.2) is 0 Å². The van der Waals surface area contributed by atoms with E-state index in [1.165, 1.54) is 12.1 Å². The maximum absolute atomic E-state index is 13.5. The molecule has 4 rings (SSSR count). The lowest BCUT2D eigenvalue weighted by molar-refractivity contribution is 0.0951. The number of aromatic nitrogens is 3. The minimum atomic E-state index is -0.316. The van der Waals surface area contributed by atoms with Gasteiger partial charge in [0, 0.05) is 24.8 Å². The lowest BCUT2D eigenvalue weighted by Crippen LogP contribution is -2.25. The predicted molar refractivity (Wildman–Crippen MR) is 135 cm³/mol. The number of nitrogens with one attached hydrogen (secondary N) is 2. The smallest absolute Gasteiger partial charge is 0.255 e. The summed E-state index contributed by atoms with van der Waals surface area (Å²) in [6, 6.07) is 20.9. The molecule has 1 amide bonds. The summed E-state index contributed by atoms with van der Waals surface area (Å²) in [5.41, 5.74) is 9.18.